The molecule has 22 heavy (non-hydrogen) atoms. The molecule has 1 N–H and O–H groups in total. The van der Waals surface area contributed by atoms with E-state index in [2.05, 4.69) is 15.3 Å². The monoisotopic (exact) mass is 326 g/mol. The fraction of sp³-hybridized carbons (Fsp3) is 0.643. The molecule has 1 amide bonds. The Morgan fingerprint density at radius 1 is 1.41 bits per heavy atom. The van der Waals surface area contributed by atoms with Gasteiger partial charge in [0.05, 0.1) is 6.26 Å². The minimum absolute atomic E-state index is 0.136. The lowest BCUT2D eigenvalue weighted by atomic mass is 10.00. The van der Waals surface area contributed by atoms with Crippen LogP contribution in [0.15, 0.2) is 6.07 Å². The Morgan fingerprint density at radius 3 is 2.77 bits per heavy atom. The lowest BCUT2D eigenvalue weighted by molar-refractivity contribution is 0.0936. The Kier molecular flexibility index (Phi) is 5.12. The molecule has 1 aliphatic heterocycles. The van der Waals surface area contributed by atoms with Gasteiger partial charge < -0.3 is 5.32 Å². The predicted molar refractivity (Wildman–Crippen MR) is 83.0 cm³/mol. The van der Waals surface area contributed by atoms with Gasteiger partial charge in [0, 0.05) is 25.3 Å². The van der Waals surface area contributed by atoms with E-state index in [1.165, 1.54) is 10.6 Å². The maximum atomic E-state index is 12.1. The normalized spacial score (nSPS) is 19.9. The summed E-state index contributed by atoms with van der Waals surface area (Å²) in [6.07, 6.45) is 2.95. The fourth-order valence-electron chi connectivity index (χ4n) is 2.66. The number of hydrogen-bond donors (Lipinski definition) is 1. The fourth-order valence-corrected chi connectivity index (χ4v) is 3.60. The number of nitrogens with one attached hydrogen (secondary N) is 1. The summed E-state index contributed by atoms with van der Waals surface area (Å²) in [5.41, 5.74) is 1.10. The Labute approximate surface area is 131 Å². The third-order valence-electron chi connectivity index (χ3n) is 3.70. The van der Waals surface area contributed by atoms with E-state index in [0.29, 0.717) is 31.2 Å². The van der Waals surface area contributed by atoms with Gasteiger partial charge in [-0.1, -0.05) is 0 Å². The SMILES string of the molecule is Cc1cc(C(=O)NCC2CCCN(S(C)(=O)=O)C2)nc(C)n1. The molecule has 1 fully saturated rings. The second-order valence-electron chi connectivity index (χ2n) is 5.78. The topological polar surface area (TPSA) is 92.3 Å². The van der Waals surface area contributed by atoms with Crippen LogP contribution in [-0.2, 0) is 10.0 Å². The van der Waals surface area contributed by atoms with E-state index in [0.717, 1.165) is 18.5 Å². The van der Waals surface area contributed by atoms with Crippen LogP contribution in [0, 0.1) is 19.8 Å². The van der Waals surface area contributed by atoms with Gasteiger partial charge in [-0.2, -0.15) is 0 Å². The maximum absolute atomic E-state index is 12.1. The van der Waals surface area contributed by atoms with E-state index >= 15 is 0 Å². The summed E-state index contributed by atoms with van der Waals surface area (Å²) in [7, 11) is -3.16. The summed E-state index contributed by atoms with van der Waals surface area (Å²) in [6.45, 7) is 5.03. The average Bonchev–Trinajstić information content (AvgIpc) is 2.43. The molecule has 0 aliphatic carbocycles. The van der Waals surface area contributed by atoms with Crippen molar-refractivity contribution in [3.63, 3.8) is 0 Å². The van der Waals surface area contributed by atoms with Crippen LogP contribution in [0.2, 0.25) is 0 Å². The molecule has 0 radical (unpaired) electrons. The lowest BCUT2D eigenvalue weighted by Crippen LogP contribution is -2.43. The zero-order valence-corrected chi connectivity index (χ0v) is 14.0. The van der Waals surface area contributed by atoms with Crippen LogP contribution < -0.4 is 5.32 Å². The molecule has 2 heterocycles. The van der Waals surface area contributed by atoms with Gasteiger partial charge >= 0.3 is 0 Å². The molecule has 1 atom stereocenters. The van der Waals surface area contributed by atoms with Crippen molar-refractivity contribution in [2.24, 2.45) is 5.92 Å². The third kappa shape index (κ3) is 4.48. The van der Waals surface area contributed by atoms with Crippen LogP contribution in [0.4, 0.5) is 0 Å². The summed E-state index contributed by atoms with van der Waals surface area (Å²) in [5, 5.41) is 2.84. The van der Waals surface area contributed by atoms with Crippen LogP contribution in [-0.4, -0.2) is 54.5 Å². The van der Waals surface area contributed by atoms with Crippen LogP contribution in [0.3, 0.4) is 0 Å². The number of carbonyl (C=O) groups is 1. The minimum atomic E-state index is -3.16. The van der Waals surface area contributed by atoms with E-state index in [4.69, 9.17) is 0 Å². The first-order chi connectivity index (χ1) is 10.3. The number of carbonyl (C=O) groups excluding carboxylic acids is 1. The molecule has 8 heteroatoms. The van der Waals surface area contributed by atoms with E-state index in [-0.39, 0.29) is 11.8 Å². The highest BCUT2D eigenvalue weighted by Crippen LogP contribution is 2.18. The molecule has 1 saturated heterocycles. The van der Waals surface area contributed by atoms with Gasteiger partial charge in [-0.05, 0) is 38.7 Å². The van der Waals surface area contributed by atoms with Crippen LogP contribution in [0.25, 0.3) is 0 Å². The van der Waals surface area contributed by atoms with Gasteiger partial charge in [0.25, 0.3) is 5.91 Å². The summed E-state index contributed by atoms with van der Waals surface area (Å²) < 4.78 is 24.7. The maximum Gasteiger partial charge on any atom is 0.270 e. The van der Waals surface area contributed by atoms with Crippen molar-refractivity contribution in [1.29, 1.82) is 0 Å². The van der Waals surface area contributed by atoms with E-state index in [9.17, 15) is 13.2 Å². The van der Waals surface area contributed by atoms with Crippen LogP contribution in [0.5, 0.6) is 0 Å². The number of hydrogen-bond acceptors (Lipinski definition) is 5. The quantitative estimate of drug-likeness (QED) is 0.869. The number of aromatic nitrogens is 2. The zero-order valence-electron chi connectivity index (χ0n) is 13.2. The predicted octanol–water partition coefficient (Wildman–Crippen LogP) is 0.495. The third-order valence-corrected chi connectivity index (χ3v) is 4.97. The number of piperidine rings is 1. The van der Waals surface area contributed by atoms with Crippen molar-refractivity contribution in [2.45, 2.75) is 26.7 Å². The van der Waals surface area contributed by atoms with Crippen molar-refractivity contribution in [1.82, 2.24) is 19.6 Å². The molecule has 0 saturated carbocycles. The second kappa shape index (κ2) is 6.70. The number of rotatable bonds is 4. The highest BCUT2D eigenvalue weighted by atomic mass is 32.2. The molecular weight excluding hydrogens is 304 g/mol. The lowest BCUT2D eigenvalue weighted by Gasteiger charge is -2.30. The summed E-state index contributed by atoms with van der Waals surface area (Å²) in [5.74, 6) is 0.451. The number of amides is 1. The first kappa shape index (κ1) is 16.8. The first-order valence-corrected chi connectivity index (χ1v) is 9.16. The van der Waals surface area contributed by atoms with Gasteiger partial charge in [0.2, 0.25) is 10.0 Å². The number of sulfonamides is 1. The van der Waals surface area contributed by atoms with Crippen molar-refractivity contribution in [3.05, 3.63) is 23.3 Å². The first-order valence-electron chi connectivity index (χ1n) is 7.31. The molecular formula is C14H22N4O3S. The second-order valence-corrected chi connectivity index (χ2v) is 7.76. The Hall–Kier alpha value is -1.54. The van der Waals surface area contributed by atoms with Crippen LogP contribution >= 0.6 is 0 Å². The van der Waals surface area contributed by atoms with Gasteiger partial charge in [-0.3, -0.25) is 4.79 Å². The van der Waals surface area contributed by atoms with Crippen LogP contribution in [0.1, 0.15) is 34.8 Å². The largest absolute Gasteiger partial charge is 0.350 e. The molecule has 122 valence electrons. The number of nitrogens with zero attached hydrogens (tertiary/aromatic N) is 3. The minimum Gasteiger partial charge on any atom is -0.350 e. The van der Waals surface area contributed by atoms with Crippen molar-refractivity contribution in [3.8, 4) is 0 Å². The average molecular weight is 326 g/mol. The zero-order chi connectivity index (χ0) is 16.3. The van der Waals surface area contributed by atoms with Gasteiger partial charge in [0.15, 0.2) is 0 Å². The Bertz CT molecular complexity index is 640. The number of aryl methyl sites for hydroxylation is 2. The summed E-state index contributed by atoms with van der Waals surface area (Å²) in [6, 6.07) is 1.64. The van der Waals surface area contributed by atoms with Gasteiger partial charge in [-0.15, -0.1) is 0 Å². The summed E-state index contributed by atoms with van der Waals surface area (Å²) >= 11 is 0. The smallest absolute Gasteiger partial charge is 0.270 e. The van der Waals surface area contributed by atoms with Crippen molar-refractivity contribution < 1.29 is 13.2 Å². The highest BCUT2D eigenvalue weighted by molar-refractivity contribution is 7.88. The van der Waals surface area contributed by atoms with Crippen molar-refractivity contribution >= 4 is 15.9 Å². The van der Waals surface area contributed by atoms with Crippen molar-refractivity contribution in [2.75, 3.05) is 25.9 Å². The standard InChI is InChI=1S/C14H22N4O3S/c1-10-7-13(17-11(2)16-10)14(19)15-8-12-5-4-6-18(9-12)22(3,20)21/h7,12H,4-6,8-9H2,1-3H3,(H,15,19). The Morgan fingerprint density at radius 2 is 2.14 bits per heavy atom. The van der Waals surface area contributed by atoms with E-state index in [1.54, 1.807) is 13.0 Å². The molecule has 1 aliphatic rings. The van der Waals surface area contributed by atoms with Gasteiger partial charge in [0.1, 0.15) is 11.5 Å². The molecule has 2 rings (SSSR count). The van der Waals surface area contributed by atoms with Gasteiger partial charge in [-0.25, -0.2) is 22.7 Å². The van der Waals surface area contributed by atoms with E-state index < -0.39 is 10.0 Å². The molecule has 1 aromatic heterocycles. The molecule has 7 nitrogen and oxygen atoms in total. The molecule has 0 aromatic carbocycles. The van der Waals surface area contributed by atoms with E-state index in [1.807, 2.05) is 6.92 Å². The Balaban J connectivity index is 1.93. The highest BCUT2D eigenvalue weighted by Gasteiger charge is 2.26. The summed E-state index contributed by atoms with van der Waals surface area (Å²) in [4.78, 5) is 20.4. The molecule has 1 aromatic rings. The molecule has 1 unspecified atom stereocenters. The molecule has 0 bridgehead atoms. The molecule has 0 spiro atoms.